The fourth-order valence-electron chi connectivity index (χ4n) is 4.26. The van der Waals surface area contributed by atoms with Crippen LogP contribution in [0.25, 0.3) is 21.5 Å². The normalized spacial score (nSPS) is 11.6. The van der Waals surface area contributed by atoms with Gasteiger partial charge in [0.2, 0.25) is 0 Å². The summed E-state index contributed by atoms with van der Waals surface area (Å²) in [5.41, 5.74) is 0.686. The van der Waals surface area contributed by atoms with Crippen LogP contribution in [0.4, 0.5) is 0 Å². The highest BCUT2D eigenvalue weighted by molar-refractivity contribution is 14.1. The lowest BCUT2D eigenvalue weighted by Crippen LogP contribution is -2.14. The van der Waals surface area contributed by atoms with E-state index in [1.165, 1.54) is 12.1 Å². The molecule has 0 saturated heterocycles. The molecule has 0 aliphatic rings. The number of hydrogen-bond acceptors (Lipinski definition) is 7. The van der Waals surface area contributed by atoms with Crippen LogP contribution in [0.2, 0.25) is 0 Å². The van der Waals surface area contributed by atoms with Gasteiger partial charge in [-0.2, -0.15) is 0 Å². The van der Waals surface area contributed by atoms with Crippen LogP contribution in [-0.4, -0.2) is 24.9 Å². The standard InChI is InChI=1S/C28H13I5O7S/c29-13-9-19(24(33)20(30)10-13)27(34)40-25-17-7-3-1-5-15(17)23(16-6-2-4-8-18(16)25)28(35)39-14-11-21(31)26(22(32)12-14)41(36,37)38/h1-12H,(H,36,37,38)/p-1. The van der Waals surface area contributed by atoms with Crippen molar-refractivity contribution < 1.29 is 32.0 Å². The molecule has 0 N–H and O–H groups in total. The summed E-state index contributed by atoms with van der Waals surface area (Å²) in [4.78, 5) is 26.8. The van der Waals surface area contributed by atoms with Crippen molar-refractivity contribution in [2.75, 3.05) is 0 Å². The van der Waals surface area contributed by atoms with Crippen LogP contribution in [0.1, 0.15) is 20.7 Å². The topological polar surface area (TPSA) is 110 Å². The zero-order chi connectivity index (χ0) is 29.6. The molecule has 5 rings (SSSR count). The fourth-order valence-corrected chi connectivity index (χ4v) is 10.6. The quantitative estimate of drug-likeness (QED) is 0.0435. The van der Waals surface area contributed by atoms with E-state index >= 15 is 0 Å². The second-order valence-electron chi connectivity index (χ2n) is 8.49. The van der Waals surface area contributed by atoms with Crippen molar-refractivity contribution >= 4 is 157 Å². The molecule has 5 aromatic carbocycles. The Balaban J connectivity index is 1.64. The van der Waals surface area contributed by atoms with Gasteiger partial charge in [0.25, 0.3) is 0 Å². The van der Waals surface area contributed by atoms with Gasteiger partial charge in [0.05, 0.1) is 16.0 Å². The molecule has 0 bridgehead atoms. The number of benzene rings is 5. The number of ether oxygens (including phenoxy) is 2. The molecule has 0 atom stereocenters. The maximum atomic E-state index is 13.7. The number of carbonyl (C=O) groups excluding carboxylic acids is 2. The molecule has 0 spiro atoms. The van der Waals surface area contributed by atoms with Gasteiger partial charge in [0.1, 0.15) is 21.6 Å². The first-order chi connectivity index (χ1) is 19.4. The minimum atomic E-state index is -4.71. The highest BCUT2D eigenvalue weighted by Gasteiger charge is 2.25. The third-order valence-corrected chi connectivity index (χ3v) is 13.0. The lowest BCUT2D eigenvalue weighted by molar-refractivity contribution is 0.0731. The van der Waals surface area contributed by atoms with Crippen molar-refractivity contribution in [1.29, 1.82) is 0 Å². The van der Waals surface area contributed by atoms with E-state index in [1.54, 1.807) is 99.8 Å². The van der Waals surface area contributed by atoms with Gasteiger partial charge in [-0.15, -0.1) is 0 Å². The maximum absolute atomic E-state index is 13.7. The zero-order valence-corrected chi connectivity index (χ0v) is 31.7. The van der Waals surface area contributed by atoms with Crippen LogP contribution < -0.4 is 9.47 Å². The van der Waals surface area contributed by atoms with Crippen LogP contribution in [0.15, 0.2) is 77.7 Å². The van der Waals surface area contributed by atoms with Crippen molar-refractivity contribution in [2.45, 2.75) is 4.90 Å². The number of esters is 2. The van der Waals surface area contributed by atoms with Gasteiger partial charge in [0, 0.05) is 39.4 Å². The monoisotopic (exact) mass is 1130 g/mol. The summed E-state index contributed by atoms with van der Waals surface area (Å²) in [6.45, 7) is 0. The largest absolute Gasteiger partial charge is 0.744 e. The molecular formula is C28H12I5O7S-. The fraction of sp³-hybridized carbons (Fsp3) is 0. The van der Waals surface area contributed by atoms with Crippen LogP contribution in [-0.2, 0) is 10.1 Å². The summed E-state index contributed by atoms with van der Waals surface area (Å²) in [6, 6.07) is 20.5. The molecule has 208 valence electrons. The predicted octanol–water partition coefficient (Wildman–Crippen LogP) is 8.36. The zero-order valence-electron chi connectivity index (χ0n) is 20.1. The van der Waals surface area contributed by atoms with Gasteiger partial charge in [-0.25, -0.2) is 18.0 Å². The summed E-state index contributed by atoms with van der Waals surface area (Å²) in [5, 5.41) is 2.10. The van der Waals surface area contributed by atoms with E-state index < -0.39 is 22.1 Å². The Morgan fingerprint density at radius 2 is 1.17 bits per heavy atom. The third-order valence-electron chi connectivity index (χ3n) is 5.93. The van der Waals surface area contributed by atoms with Crippen LogP contribution >= 0.6 is 113 Å². The number of carbonyl (C=O) groups is 2. The Hall–Kier alpha value is -0.880. The summed E-state index contributed by atoms with van der Waals surface area (Å²) in [5.74, 6) is -0.811. The Bertz CT molecular complexity index is 1950. The molecule has 13 heteroatoms. The van der Waals surface area contributed by atoms with E-state index in [9.17, 15) is 22.6 Å². The minimum absolute atomic E-state index is 0.0859. The lowest BCUT2D eigenvalue weighted by atomic mass is 9.95. The number of halogens is 5. The van der Waals surface area contributed by atoms with Crippen molar-refractivity contribution in [3.63, 3.8) is 0 Å². The van der Waals surface area contributed by atoms with Crippen molar-refractivity contribution in [1.82, 2.24) is 0 Å². The van der Waals surface area contributed by atoms with Crippen molar-refractivity contribution in [2.24, 2.45) is 0 Å². The summed E-state index contributed by atoms with van der Waals surface area (Å²) in [7, 11) is -4.71. The first-order valence-corrected chi connectivity index (χ1v) is 18.1. The molecule has 5 aromatic rings. The highest BCUT2D eigenvalue weighted by atomic mass is 127. The summed E-state index contributed by atoms with van der Waals surface area (Å²) >= 11 is 9.92. The molecule has 0 heterocycles. The highest BCUT2D eigenvalue weighted by Crippen LogP contribution is 2.40. The predicted molar refractivity (Wildman–Crippen MR) is 196 cm³/mol. The average molecular weight is 1130 g/mol. The Morgan fingerprint density at radius 3 is 1.68 bits per heavy atom. The number of rotatable bonds is 5. The second-order valence-corrected chi connectivity index (χ2v) is 15.6. The molecule has 7 nitrogen and oxygen atoms in total. The molecule has 0 fully saturated rings. The molecule has 0 aliphatic carbocycles. The van der Waals surface area contributed by atoms with Crippen LogP contribution in [0.3, 0.4) is 0 Å². The molecule has 0 aliphatic heterocycles. The first-order valence-electron chi connectivity index (χ1n) is 11.3. The summed E-state index contributed by atoms with van der Waals surface area (Å²) in [6.07, 6.45) is 0. The third kappa shape index (κ3) is 6.49. The molecule has 0 aromatic heterocycles. The van der Waals surface area contributed by atoms with Gasteiger partial charge < -0.3 is 14.0 Å². The van der Waals surface area contributed by atoms with E-state index in [1.807, 2.05) is 6.07 Å². The van der Waals surface area contributed by atoms with E-state index in [0.29, 0.717) is 32.9 Å². The van der Waals surface area contributed by atoms with Crippen LogP contribution in [0.5, 0.6) is 11.5 Å². The number of hydrogen-bond donors (Lipinski definition) is 0. The van der Waals surface area contributed by atoms with E-state index in [2.05, 4.69) is 67.8 Å². The van der Waals surface area contributed by atoms with Gasteiger partial charge in [-0.1, -0.05) is 48.5 Å². The molecule has 41 heavy (non-hydrogen) atoms. The molecule has 0 radical (unpaired) electrons. The van der Waals surface area contributed by atoms with Crippen LogP contribution in [0, 0.1) is 17.9 Å². The Kier molecular flexibility index (Phi) is 9.71. The lowest BCUT2D eigenvalue weighted by Gasteiger charge is -2.17. The van der Waals surface area contributed by atoms with Crippen molar-refractivity contribution in [3.05, 3.63) is 102 Å². The smallest absolute Gasteiger partial charge is 0.344 e. The Morgan fingerprint density at radius 1 is 0.659 bits per heavy atom. The minimum Gasteiger partial charge on any atom is -0.744 e. The van der Waals surface area contributed by atoms with Gasteiger partial charge in [0.15, 0.2) is 0 Å². The molecular weight excluding hydrogens is 1110 g/mol. The van der Waals surface area contributed by atoms with E-state index in [-0.39, 0.29) is 23.3 Å². The maximum Gasteiger partial charge on any atom is 0.344 e. The van der Waals surface area contributed by atoms with Gasteiger partial charge in [-0.3, -0.25) is 0 Å². The van der Waals surface area contributed by atoms with Crippen molar-refractivity contribution in [3.8, 4) is 11.5 Å². The average Bonchev–Trinajstić information content (AvgIpc) is 2.89. The van der Waals surface area contributed by atoms with Gasteiger partial charge in [-0.05, 0) is 137 Å². The SMILES string of the molecule is O=C(Oc1c2ccccc2c(C(=O)Oc2cc(I)c(S(=O)(=O)[O-])c(I)c2)c2ccccc12)c1cc(I)cc(I)c1I. The molecule has 0 saturated carbocycles. The second kappa shape index (κ2) is 12.6. The number of fused-ring (bicyclic) bond motifs is 2. The summed E-state index contributed by atoms with van der Waals surface area (Å²) < 4.78 is 49.7. The first kappa shape index (κ1) is 31.5. The van der Waals surface area contributed by atoms with Gasteiger partial charge >= 0.3 is 11.9 Å². The molecule has 0 amide bonds. The van der Waals surface area contributed by atoms with E-state index in [0.717, 1.165) is 10.7 Å². The van der Waals surface area contributed by atoms with E-state index in [4.69, 9.17) is 9.47 Å². The molecule has 0 unspecified atom stereocenters. The Labute approximate surface area is 302 Å².